The van der Waals surface area contributed by atoms with E-state index in [4.69, 9.17) is 9.47 Å². The molecule has 0 spiro atoms. The summed E-state index contributed by atoms with van der Waals surface area (Å²) >= 11 is 0. The number of benzene rings is 1. The predicted molar refractivity (Wildman–Crippen MR) is 116 cm³/mol. The molecule has 0 unspecified atom stereocenters. The molecule has 1 aromatic rings. The van der Waals surface area contributed by atoms with E-state index >= 15 is 0 Å². The minimum atomic E-state index is -1.69. The minimum absolute atomic E-state index is 0.100. The van der Waals surface area contributed by atoms with Crippen LogP contribution >= 0.6 is 0 Å². The van der Waals surface area contributed by atoms with E-state index in [1.165, 1.54) is 5.19 Å². The molecule has 1 rings (SSSR count). The third-order valence-corrected chi connectivity index (χ3v) is 6.86. The van der Waals surface area contributed by atoms with Crippen LogP contribution < -0.4 is 5.19 Å². The van der Waals surface area contributed by atoms with Crippen molar-refractivity contribution in [1.29, 1.82) is 0 Å². The molecule has 28 heavy (non-hydrogen) atoms. The van der Waals surface area contributed by atoms with Gasteiger partial charge in [0, 0.05) is 12.5 Å². The van der Waals surface area contributed by atoms with Gasteiger partial charge in [-0.2, -0.15) is 0 Å². The van der Waals surface area contributed by atoms with Crippen molar-refractivity contribution in [3.8, 4) is 11.8 Å². The van der Waals surface area contributed by atoms with Gasteiger partial charge < -0.3 is 9.47 Å². The first kappa shape index (κ1) is 24.0. The molecular formula is C23H34O4Si. The summed E-state index contributed by atoms with van der Waals surface area (Å²) in [6.07, 6.45) is 0.100. The van der Waals surface area contributed by atoms with Crippen LogP contribution in [0.1, 0.15) is 48.0 Å². The fraction of sp³-hybridized carbons (Fsp3) is 0.565. The zero-order chi connectivity index (χ0) is 21.6. The fourth-order valence-electron chi connectivity index (χ4n) is 2.46. The van der Waals surface area contributed by atoms with Gasteiger partial charge in [-0.1, -0.05) is 48.6 Å². The Morgan fingerprint density at radius 1 is 0.893 bits per heavy atom. The van der Waals surface area contributed by atoms with Crippen LogP contribution in [-0.4, -0.2) is 31.2 Å². The Bertz CT molecular complexity index is 700. The van der Waals surface area contributed by atoms with Crippen LogP contribution in [0.2, 0.25) is 19.1 Å². The molecule has 0 aromatic heterocycles. The maximum atomic E-state index is 12.5. The van der Waals surface area contributed by atoms with Crippen LogP contribution in [0.4, 0.5) is 0 Å². The molecular weight excluding hydrogens is 368 g/mol. The number of ether oxygens (including phenoxy) is 2. The highest BCUT2D eigenvalue weighted by atomic mass is 28.3. The molecule has 5 heteroatoms. The molecule has 0 bridgehead atoms. The zero-order valence-corrected chi connectivity index (χ0v) is 19.5. The van der Waals surface area contributed by atoms with Crippen LogP contribution in [0, 0.1) is 17.8 Å². The lowest BCUT2D eigenvalue weighted by Crippen LogP contribution is -2.40. The molecule has 0 N–H and O–H groups in total. The van der Waals surface area contributed by atoms with Gasteiger partial charge in [0.15, 0.2) is 5.92 Å². The molecule has 154 valence electrons. The van der Waals surface area contributed by atoms with E-state index in [9.17, 15) is 9.59 Å². The van der Waals surface area contributed by atoms with Gasteiger partial charge in [0.2, 0.25) is 0 Å². The first-order valence-electron chi connectivity index (χ1n) is 9.68. The third kappa shape index (κ3) is 8.75. The molecule has 0 atom stereocenters. The molecule has 0 heterocycles. The van der Waals surface area contributed by atoms with E-state index in [2.05, 4.69) is 37.1 Å². The summed E-state index contributed by atoms with van der Waals surface area (Å²) in [5, 5.41) is 1.33. The van der Waals surface area contributed by atoms with Crippen molar-refractivity contribution in [2.24, 2.45) is 5.92 Å². The van der Waals surface area contributed by atoms with Gasteiger partial charge in [-0.15, -0.1) is 11.8 Å². The van der Waals surface area contributed by atoms with Crippen molar-refractivity contribution in [3.63, 3.8) is 0 Å². The van der Waals surface area contributed by atoms with Gasteiger partial charge in [0.1, 0.15) is 11.2 Å². The highest BCUT2D eigenvalue weighted by Crippen LogP contribution is 2.18. The smallest absolute Gasteiger partial charge is 0.321 e. The molecule has 4 nitrogen and oxygen atoms in total. The van der Waals surface area contributed by atoms with Crippen molar-refractivity contribution in [2.45, 2.75) is 78.3 Å². The van der Waals surface area contributed by atoms with E-state index in [-0.39, 0.29) is 6.42 Å². The number of carbonyl (C=O) groups excluding carboxylic acids is 2. The summed E-state index contributed by atoms with van der Waals surface area (Å²) in [5.41, 5.74) is -1.35. The lowest BCUT2D eigenvalue weighted by molar-refractivity contribution is -0.174. The standard InChI is InChI=1S/C23H34O4Si/c1-22(2,3)26-20(24)19(21(25)27-23(4,5)6)16-12-13-17-28(7,8)18-14-10-9-11-15-18/h9-11,14-15,19H,16-17H2,1-8H3. The van der Waals surface area contributed by atoms with Crippen molar-refractivity contribution >= 4 is 25.2 Å². The number of rotatable bonds is 5. The highest BCUT2D eigenvalue weighted by molar-refractivity contribution is 6.90. The Labute approximate surface area is 171 Å². The maximum Gasteiger partial charge on any atom is 0.321 e. The van der Waals surface area contributed by atoms with Crippen molar-refractivity contribution < 1.29 is 19.1 Å². The molecule has 0 radical (unpaired) electrons. The topological polar surface area (TPSA) is 52.6 Å². The van der Waals surface area contributed by atoms with E-state index in [0.717, 1.165) is 6.04 Å². The van der Waals surface area contributed by atoms with Gasteiger partial charge in [0.05, 0.1) is 8.07 Å². The SMILES string of the molecule is CC(C)(C)OC(=O)C(CC#CC[Si](C)(C)c1ccccc1)C(=O)OC(C)(C)C. The van der Waals surface area contributed by atoms with Crippen molar-refractivity contribution in [2.75, 3.05) is 0 Å². The normalized spacial score (nSPS) is 12.2. The molecule has 0 aliphatic carbocycles. The van der Waals surface area contributed by atoms with Crippen LogP contribution in [0.15, 0.2) is 30.3 Å². The number of esters is 2. The lowest BCUT2D eigenvalue weighted by Gasteiger charge is -2.25. The van der Waals surface area contributed by atoms with E-state index < -0.39 is 37.1 Å². The second-order valence-corrected chi connectivity index (χ2v) is 14.3. The van der Waals surface area contributed by atoms with Crippen LogP contribution in [0.5, 0.6) is 0 Å². The summed E-state index contributed by atoms with van der Waals surface area (Å²) < 4.78 is 10.8. The van der Waals surface area contributed by atoms with Gasteiger partial charge in [0.25, 0.3) is 0 Å². The number of hydrogen-bond acceptors (Lipinski definition) is 4. The predicted octanol–water partition coefficient (Wildman–Crippen LogP) is 4.30. The summed E-state index contributed by atoms with van der Waals surface area (Å²) in [4.78, 5) is 25.0. The largest absolute Gasteiger partial charge is 0.459 e. The summed E-state index contributed by atoms with van der Waals surface area (Å²) in [6.45, 7) is 15.2. The maximum absolute atomic E-state index is 12.5. The molecule has 0 amide bonds. The van der Waals surface area contributed by atoms with E-state index in [1.54, 1.807) is 41.5 Å². The molecule has 1 aromatic carbocycles. The summed E-state index contributed by atoms with van der Waals surface area (Å²) in [5.74, 6) is 4.00. The molecule has 0 fully saturated rings. The summed E-state index contributed by atoms with van der Waals surface area (Å²) in [7, 11) is -1.69. The average Bonchev–Trinajstić information content (AvgIpc) is 2.52. The van der Waals surface area contributed by atoms with E-state index in [1.807, 2.05) is 18.2 Å². The number of carbonyl (C=O) groups is 2. The number of hydrogen-bond donors (Lipinski definition) is 0. The molecule has 0 saturated heterocycles. The minimum Gasteiger partial charge on any atom is -0.459 e. The van der Waals surface area contributed by atoms with Gasteiger partial charge >= 0.3 is 11.9 Å². The Kier molecular flexibility index (Phi) is 8.07. The highest BCUT2D eigenvalue weighted by Gasteiger charge is 2.34. The van der Waals surface area contributed by atoms with Crippen LogP contribution in [0.25, 0.3) is 0 Å². The second kappa shape index (κ2) is 9.42. The quantitative estimate of drug-likeness (QED) is 0.319. The lowest BCUT2D eigenvalue weighted by atomic mass is 10.0. The van der Waals surface area contributed by atoms with Gasteiger partial charge in [-0.25, -0.2) is 0 Å². The Morgan fingerprint density at radius 2 is 1.36 bits per heavy atom. The van der Waals surface area contributed by atoms with E-state index in [0.29, 0.717) is 0 Å². The molecule has 0 aliphatic rings. The van der Waals surface area contributed by atoms with Gasteiger partial charge in [-0.3, -0.25) is 9.59 Å². The van der Waals surface area contributed by atoms with Gasteiger partial charge in [-0.05, 0) is 41.5 Å². The Morgan fingerprint density at radius 3 is 1.79 bits per heavy atom. The first-order valence-corrected chi connectivity index (χ1v) is 12.9. The molecule has 0 saturated carbocycles. The summed E-state index contributed by atoms with van der Waals surface area (Å²) in [6, 6.07) is 11.1. The first-order chi connectivity index (χ1) is 12.7. The fourth-order valence-corrected chi connectivity index (χ4v) is 4.32. The average molecular weight is 403 g/mol. The van der Waals surface area contributed by atoms with Crippen LogP contribution in [0.3, 0.4) is 0 Å². The monoisotopic (exact) mass is 402 g/mol. The van der Waals surface area contributed by atoms with Crippen molar-refractivity contribution in [3.05, 3.63) is 30.3 Å². The van der Waals surface area contributed by atoms with Crippen LogP contribution in [-0.2, 0) is 19.1 Å². The Balaban J connectivity index is 2.88. The zero-order valence-electron chi connectivity index (χ0n) is 18.5. The second-order valence-electron chi connectivity index (χ2n) is 9.60. The molecule has 0 aliphatic heterocycles. The van der Waals surface area contributed by atoms with Crippen molar-refractivity contribution in [1.82, 2.24) is 0 Å². The third-order valence-electron chi connectivity index (χ3n) is 3.90. The Hall–Kier alpha value is -2.06.